The summed E-state index contributed by atoms with van der Waals surface area (Å²) in [7, 11) is 1.52. The van der Waals surface area contributed by atoms with E-state index in [-0.39, 0.29) is 6.79 Å². The number of terminal acetylenes is 1. The third-order valence-corrected chi connectivity index (χ3v) is 1.57. The molecule has 0 aromatic rings. The molecule has 0 aliphatic rings. The molecule has 0 bridgehead atoms. The highest BCUT2D eigenvalue weighted by Gasteiger charge is 2.15. The number of aliphatic hydroxyl groups is 1. The van der Waals surface area contributed by atoms with Crippen LogP contribution in [0.5, 0.6) is 0 Å². The second kappa shape index (κ2) is 7.81. The molecule has 0 rings (SSSR count). The van der Waals surface area contributed by atoms with Gasteiger partial charge in [-0.15, -0.1) is 18.9 Å². The quantitative estimate of drug-likeness (QED) is 0.363. The van der Waals surface area contributed by atoms with E-state index in [0.29, 0.717) is 12.8 Å². The molecule has 1 N–H and O–H groups in total. The van der Waals surface area contributed by atoms with E-state index in [0.717, 1.165) is 0 Å². The summed E-state index contributed by atoms with van der Waals surface area (Å²) in [5, 5.41) is 9.52. The van der Waals surface area contributed by atoms with Crippen LogP contribution in [0.25, 0.3) is 0 Å². The smallest absolute Gasteiger partial charge is 0.147 e. The molecule has 3 nitrogen and oxygen atoms in total. The molecule has 0 amide bonds. The molecule has 0 aliphatic carbocycles. The average molecular weight is 184 g/mol. The molecule has 0 heterocycles. The highest BCUT2D eigenvalue weighted by atomic mass is 16.7. The largest absolute Gasteiger partial charge is 0.390 e. The van der Waals surface area contributed by atoms with Gasteiger partial charge in [-0.05, 0) is 6.42 Å². The zero-order valence-electron chi connectivity index (χ0n) is 7.90. The molecular weight excluding hydrogens is 168 g/mol. The molecule has 0 radical (unpaired) electrons. The highest BCUT2D eigenvalue weighted by molar-refractivity contribution is 4.90. The first kappa shape index (κ1) is 12.2. The van der Waals surface area contributed by atoms with Crippen molar-refractivity contribution in [1.82, 2.24) is 0 Å². The van der Waals surface area contributed by atoms with Crippen LogP contribution in [0.4, 0.5) is 0 Å². The Labute approximate surface area is 79.4 Å². The summed E-state index contributed by atoms with van der Waals surface area (Å²) in [6.45, 7) is 3.69. The summed E-state index contributed by atoms with van der Waals surface area (Å²) < 4.78 is 9.85. The lowest BCUT2D eigenvalue weighted by Crippen LogP contribution is -2.27. The Morgan fingerprint density at radius 2 is 2.38 bits per heavy atom. The molecule has 0 aromatic heterocycles. The van der Waals surface area contributed by atoms with Gasteiger partial charge in [-0.3, -0.25) is 0 Å². The second-order valence-corrected chi connectivity index (χ2v) is 2.58. The van der Waals surface area contributed by atoms with Gasteiger partial charge in [-0.25, -0.2) is 0 Å². The molecule has 74 valence electrons. The molecule has 0 aromatic carbocycles. The van der Waals surface area contributed by atoms with E-state index in [1.807, 2.05) is 0 Å². The van der Waals surface area contributed by atoms with E-state index in [9.17, 15) is 5.11 Å². The van der Waals surface area contributed by atoms with Crippen LogP contribution in [-0.2, 0) is 9.47 Å². The van der Waals surface area contributed by atoms with Crippen LogP contribution in [0.1, 0.15) is 12.8 Å². The predicted octanol–water partition coefficient (Wildman–Crippen LogP) is 0.936. The summed E-state index contributed by atoms with van der Waals surface area (Å²) in [5.74, 6) is 2.45. The summed E-state index contributed by atoms with van der Waals surface area (Å²) in [6.07, 6.45) is 6.63. The average Bonchev–Trinajstić information content (AvgIpc) is 2.16. The third kappa shape index (κ3) is 5.42. The van der Waals surface area contributed by atoms with Crippen LogP contribution >= 0.6 is 0 Å². The molecule has 13 heavy (non-hydrogen) atoms. The topological polar surface area (TPSA) is 38.7 Å². The van der Waals surface area contributed by atoms with Crippen molar-refractivity contribution in [2.75, 3.05) is 13.9 Å². The normalized spacial score (nSPS) is 14.5. The molecule has 0 spiro atoms. The Kier molecular flexibility index (Phi) is 7.32. The van der Waals surface area contributed by atoms with Crippen LogP contribution in [0.2, 0.25) is 0 Å². The molecule has 2 atom stereocenters. The highest BCUT2D eigenvalue weighted by Crippen LogP contribution is 2.07. The minimum absolute atomic E-state index is 0.143. The summed E-state index contributed by atoms with van der Waals surface area (Å²) >= 11 is 0. The molecule has 0 unspecified atom stereocenters. The standard InChI is InChI=1S/C10H16O3/c1-4-6-7-9(11)10(5-2)13-8-12-3/h1,5,9-11H,2,6-8H2,3H3/t9-,10-/m0/s1. The van der Waals surface area contributed by atoms with Crippen molar-refractivity contribution in [3.05, 3.63) is 12.7 Å². The van der Waals surface area contributed by atoms with Gasteiger partial charge in [0.05, 0.1) is 6.10 Å². The predicted molar refractivity (Wildman–Crippen MR) is 51.0 cm³/mol. The fraction of sp³-hybridized carbons (Fsp3) is 0.600. The van der Waals surface area contributed by atoms with Gasteiger partial charge in [-0.2, -0.15) is 0 Å². The van der Waals surface area contributed by atoms with Crippen LogP contribution in [-0.4, -0.2) is 31.2 Å². The lowest BCUT2D eigenvalue weighted by molar-refractivity contribution is -0.0939. The maximum absolute atomic E-state index is 9.52. The molecular formula is C10H16O3. The number of ether oxygens (including phenoxy) is 2. The van der Waals surface area contributed by atoms with Crippen molar-refractivity contribution in [1.29, 1.82) is 0 Å². The maximum atomic E-state index is 9.52. The number of aliphatic hydroxyl groups excluding tert-OH is 1. The monoisotopic (exact) mass is 184 g/mol. The van der Waals surface area contributed by atoms with Gasteiger partial charge in [0.2, 0.25) is 0 Å². The van der Waals surface area contributed by atoms with Crippen LogP contribution < -0.4 is 0 Å². The molecule has 3 heteroatoms. The van der Waals surface area contributed by atoms with Crippen molar-refractivity contribution < 1.29 is 14.6 Å². The maximum Gasteiger partial charge on any atom is 0.147 e. The van der Waals surface area contributed by atoms with Crippen molar-refractivity contribution in [2.24, 2.45) is 0 Å². The minimum atomic E-state index is -0.608. The Bertz CT molecular complexity index is 171. The van der Waals surface area contributed by atoms with Crippen LogP contribution in [0.3, 0.4) is 0 Å². The SMILES string of the molecule is C#CCC[C@H](O)[C@H](C=C)OCOC. The van der Waals surface area contributed by atoms with E-state index < -0.39 is 12.2 Å². The van der Waals surface area contributed by atoms with Gasteiger partial charge >= 0.3 is 0 Å². The summed E-state index contributed by atoms with van der Waals surface area (Å²) in [5.41, 5.74) is 0. The number of hydrogen-bond donors (Lipinski definition) is 1. The molecule has 0 aliphatic heterocycles. The summed E-state index contributed by atoms with van der Waals surface area (Å²) in [6, 6.07) is 0. The first-order chi connectivity index (χ1) is 6.26. The number of methoxy groups -OCH3 is 1. The fourth-order valence-corrected chi connectivity index (χ4v) is 0.878. The Hall–Kier alpha value is -0.820. The van der Waals surface area contributed by atoms with Crippen LogP contribution in [0.15, 0.2) is 12.7 Å². The van der Waals surface area contributed by atoms with Gasteiger partial charge < -0.3 is 14.6 Å². The Morgan fingerprint density at radius 3 is 2.85 bits per heavy atom. The van der Waals surface area contributed by atoms with Crippen molar-refractivity contribution in [3.8, 4) is 12.3 Å². The first-order valence-electron chi connectivity index (χ1n) is 4.10. The zero-order chi connectivity index (χ0) is 10.1. The van der Waals surface area contributed by atoms with Gasteiger partial charge in [0.1, 0.15) is 12.9 Å². The first-order valence-corrected chi connectivity index (χ1v) is 4.10. The van der Waals surface area contributed by atoms with E-state index in [2.05, 4.69) is 12.5 Å². The lowest BCUT2D eigenvalue weighted by atomic mass is 10.1. The lowest BCUT2D eigenvalue weighted by Gasteiger charge is -2.18. The van der Waals surface area contributed by atoms with Crippen molar-refractivity contribution >= 4 is 0 Å². The van der Waals surface area contributed by atoms with E-state index >= 15 is 0 Å². The van der Waals surface area contributed by atoms with Crippen molar-refractivity contribution in [3.63, 3.8) is 0 Å². The number of hydrogen-bond acceptors (Lipinski definition) is 3. The van der Waals surface area contributed by atoms with E-state index in [1.165, 1.54) is 7.11 Å². The Balaban J connectivity index is 3.78. The van der Waals surface area contributed by atoms with Gasteiger partial charge in [0, 0.05) is 13.5 Å². The number of rotatable bonds is 7. The van der Waals surface area contributed by atoms with Crippen LogP contribution in [0, 0.1) is 12.3 Å². The van der Waals surface area contributed by atoms with Gasteiger partial charge in [0.25, 0.3) is 0 Å². The minimum Gasteiger partial charge on any atom is -0.390 e. The van der Waals surface area contributed by atoms with Crippen molar-refractivity contribution in [2.45, 2.75) is 25.0 Å². The van der Waals surface area contributed by atoms with E-state index in [4.69, 9.17) is 15.9 Å². The zero-order valence-corrected chi connectivity index (χ0v) is 7.90. The summed E-state index contributed by atoms with van der Waals surface area (Å²) in [4.78, 5) is 0. The molecule has 0 saturated heterocycles. The third-order valence-electron chi connectivity index (χ3n) is 1.57. The fourth-order valence-electron chi connectivity index (χ4n) is 0.878. The second-order valence-electron chi connectivity index (χ2n) is 2.58. The Morgan fingerprint density at radius 1 is 1.69 bits per heavy atom. The van der Waals surface area contributed by atoms with Gasteiger partial charge in [0.15, 0.2) is 0 Å². The van der Waals surface area contributed by atoms with Gasteiger partial charge in [-0.1, -0.05) is 6.08 Å². The molecule has 0 fully saturated rings. The molecule has 0 saturated carbocycles. The van der Waals surface area contributed by atoms with E-state index in [1.54, 1.807) is 6.08 Å².